The predicted octanol–water partition coefficient (Wildman–Crippen LogP) is 3.90. The molecule has 1 fully saturated rings. The molecule has 134 valence electrons. The molecule has 1 aliphatic heterocycles. The Morgan fingerprint density at radius 1 is 1.16 bits per heavy atom. The van der Waals surface area contributed by atoms with Gasteiger partial charge in [0.15, 0.2) is 5.60 Å². The molecular weight excluding hydrogens is 356 g/mol. The van der Waals surface area contributed by atoms with Crippen molar-refractivity contribution >= 4 is 28.8 Å². The smallest absolute Gasteiger partial charge is 0.266 e. The van der Waals surface area contributed by atoms with Gasteiger partial charge in [-0.05, 0) is 60.5 Å². The van der Waals surface area contributed by atoms with Crippen LogP contribution in [0.15, 0.2) is 41.1 Å². The molecular formula is C19H23ClN2O2S. The zero-order valence-corrected chi connectivity index (χ0v) is 16.1. The van der Waals surface area contributed by atoms with Crippen LogP contribution in [0.4, 0.5) is 0 Å². The van der Waals surface area contributed by atoms with Crippen LogP contribution in [-0.4, -0.2) is 47.5 Å². The van der Waals surface area contributed by atoms with Gasteiger partial charge in [-0.15, -0.1) is 0 Å². The van der Waals surface area contributed by atoms with Gasteiger partial charge < -0.3 is 9.64 Å². The highest BCUT2D eigenvalue weighted by atomic mass is 35.5. The van der Waals surface area contributed by atoms with Crippen molar-refractivity contribution in [3.63, 3.8) is 0 Å². The van der Waals surface area contributed by atoms with Crippen LogP contribution >= 0.6 is 22.9 Å². The fourth-order valence-electron chi connectivity index (χ4n) is 2.97. The minimum Gasteiger partial charge on any atom is -0.478 e. The van der Waals surface area contributed by atoms with Crippen LogP contribution in [0.5, 0.6) is 5.75 Å². The van der Waals surface area contributed by atoms with Gasteiger partial charge in [0.25, 0.3) is 5.91 Å². The number of hydrogen-bond donors (Lipinski definition) is 0. The van der Waals surface area contributed by atoms with Gasteiger partial charge in [-0.25, -0.2) is 0 Å². The van der Waals surface area contributed by atoms with E-state index in [0.717, 1.165) is 32.7 Å². The van der Waals surface area contributed by atoms with Gasteiger partial charge in [0.05, 0.1) is 0 Å². The molecule has 0 spiro atoms. The van der Waals surface area contributed by atoms with E-state index >= 15 is 0 Å². The molecule has 0 saturated carbocycles. The lowest BCUT2D eigenvalue weighted by molar-refractivity contribution is -0.147. The first-order valence-corrected chi connectivity index (χ1v) is 9.73. The van der Waals surface area contributed by atoms with Crippen molar-refractivity contribution in [3.05, 3.63) is 51.7 Å². The van der Waals surface area contributed by atoms with E-state index < -0.39 is 5.60 Å². The summed E-state index contributed by atoms with van der Waals surface area (Å²) < 4.78 is 5.92. The maximum Gasteiger partial charge on any atom is 0.266 e. The molecule has 1 aromatic carbocycles. The Labute approximate surface area is 158 Å². The molecule has 25 heavy (non-hydrogen) atoms. The lowest BCUT2D eigenvalue weighted by Crippen LogP contribution is -2.55. The third-order valence-electron chi connectivity index (χ3n) is 4.35. The monoisotopic (exact) mass is 378 g/mol. The molecule has 1 amide bonds. The molecule has 6 heteroatoms. The molecule has 4 nitrogen and oxygen atoms in total. The Morgan fingerprint density at radius 2 is 1.84 bits per heavy atom. The third-order valence-corrected chi connectivity index (χ3v) is 5.33. The summed E-state index contributed by atoms with van der Waals surface area (Å²) in [6.07, 6.45) is 0. The molecule has 1 aromatic heterocycles. The van der Waals surface area contributed by atoms with Gasteiger partial charge in [-0.2, -0.15) is 11.3 Å². The number of amides is 1. The molecule has 2 aromatic rings. The Morgan fingerprint density at radius 3 is 2.44 bits per heavy atom. The SMILES string of the molecule is CC(C)(Oc1ccc(Cl)cc1)C(=O)N1CCN(Cc2ccsc2)CC1. The molecule has 0 N–H and O–H groups in total. The molecule has 3 rings (SSSR count). The molecule has 0 unspecified atom stereocenters. The molecule has 2 heterocycles. The minimum atomic E-state index is -0.899. The summed E-state index contributed by atoms with van der Waals surface area (Å²) in [7, 11) is 0. The number of carbonyl (C=O) groups is 1. The molecule has 0 bridgehead atoms. The summed E-state index contributed by atoms with van der Waals surface area (Å²) in [5, 5.41) is 4.94. The van der Waals surface area contributed by atoms with Crippen LogP contribution in [0.1, 0.15) is 19.4 Å². The van der Waals surface area contributed by atoms with E-state index in [1.807, 2.05) is 18.7 Å². The summed E-state index contributed by atoms with van der Waals surface area (Å²) in [5.74, 6) is 0.677. The first-order valence-electron chi connectivity index (χ1n) is 8.41. The second kappa shape index (κ2) is 7.77. The summed E-state index contributed by atoms with van der Waals surface area (Å²) >= 11 is 7.62. The maximum atomic E-state index is 12.9. The van der Waals surface area contributed by atoms with Crippen LogP contribution in [0.25, 0.3) is 0 Å². The van der Waals surface area contributed by atoms with E-state index in [1.54, 1.807) is 35.6 Å². The van der Waals surface area contributed by atoms with E-state index in [9.17, 15) is 4.79 Å². The summed E-state index contributed by atoms with van der Waals surface area (Å²) in [5.41, 5.74) is 0.444. The predicted molar refractivity (Wildman–Crippen MR) is 102 cm³/mol. The molecule has 0 atom stereocenters. The van der Waals surface area contributed by atoms with Gasteiger partial charge in [0.1, 0.15) is 5.75 Å². The van der Waals surface area contributed by atoms with Crippen molar-refractivity contribution in [2.24, 2.45) is 0 Å². The normalized spacial score (nSPS) is 16.0. The van der Waals surface area contributed by atoms with E-state index in [2.05, 4.69) is 21.7 Å². The maximum absolute atomic E-state index is 12.9. The van der Waals surface area contributed by atoms with Crippen LogP contribution in [0.2, 0.25) is 5.02 Å². The Bertz CT molecular complexity index is 693. The van der Waals surface area contributed by atoms with Crippen molar-refractivity contribution in [1.29, 1.82) is 0 Å². The lowest BCUT2D eigenvalue weighted by Gasteiger charge is -2.38. The van der Waals surface area contributed by atoms with Crippen LogP contribution in [0, 0.1) is 0 Å². The summed E-state index contributed by atoms with van der Waals surface area (Å²) in [6, 6.07) is 9.26. The van der Waals surface area contributed by atoms with Gasteiger partial charge in [0, 0.05) is 37.7 Å². The first kappa shape index (κ1) is 18.2. The average Bonchev–Trinajstić information content (AvgIpc) is 3.10. The van der Waals surface area contributed by atoms with Crippen molar-refractivity contribution in [2.75, 3.05) is 26.2 Å². The number of benzene rings is 1. The van der Waals surface area contributed by atoms with Crippen molar-refractivity contribution < 1.29 is 9.53 Å². The van der Waals surface area contributed by atoms with Gasteiger partial charge in [0.2, 0.25) is 0 Å². The largest absolute Gasteiger partial charge is 0.478 e. The number of hydrogen-bond acceptors (Lipinski definition) is 4. The topological polar surface area (TPSA) is 32.8 Å². The highest BCUT2D eigenvalue weighted by molar-refractivity contribution is 7.07. The number of piperazine rings is 1. The Kier molecular flexibility index (Phi) is 5.67. The van der Waals surface area contributed by atoms with Crippen molar-refractivity contribution in [3.8, 4) is 5.75 Å². The number of thiophene rings is 1. The quantitative estimate of drug-likeness (QED) is 0.790. The standard InChI is InChI=1S/C19H23ClN2O2S/c1-19(2,24-17-5-3-16(20)4-6-17)18(23)22-10-8-21(9-11-22)13-15-7-12-25-14-15/h3-7,12,14H,8-11,13H2,1-2H3. The van der Waals surface area contributed by atoms with E-state index in [-0.39, 0.29) is 5.91 Å². The number of carbonyl (C=O) groups excluding carboxylic acids is 1. The van der Waals surface area contributed by atoms with Crippen molar-refractivity contribution in [1.82, 2.24) is 9.80 Å². The number of halogens is 1. The number of nitrogens with zero attached hydrogens (tertiary/aromatic N) is 2. The van der Waals surface area contributed by atoms with E-state index in [1.165, 1.54) is 5.56 Å². The molecule has 1 saturated heterocycles. The molecule has 1 aliphatic rings. The second-order valence-corrected chi connectivity index (χ2v) is 7.98. The molecule has 0 radical (unpaired) electrons. The Hall–Kier alpha value is -1.56. The lowest BCUT2D eigenvalue weighted by atomic mass is 10.1. The minimum absolute atomic E-state index is 0.0256. The highest BCUT2D eigenvalue weighted by Crippen LogP contribution is 2.23. The zero-order chi connectivity index (χ0) is 17.9. The van der Waals surface area contributed by atoms with Gasteiger partial charge >= 0.3 is 0 Å². The van der Waals surface area contributed by atoms with E-state index in [4.69, 9.17) is 16.3 Å². The average molecular weight is 379 g/mol. The van der Waals surface area contributed by atoms with Crippen LogP contribution in [-0.2, 0) is 11.3 Å². The zero-order valence-electron chi connectivity index (χ0n) is 14.6. The number of rotatable bonds is 5. The first-order chi connectivity index (χ1) is 11.9. The van der Waals surface area contributed by atoms with Crippen LogP contribution < -0.4 is 4.74 Å². The fourth-order valence-corrected chi connectivity index (χ4v) is 3.76. The van der Waals surface area contributed by atoms with Crippen molar-refractivity contribution in [2.45, 2.75) is 26.0 Å². The number of ether oxygens (including phenoxy) is 1. The van der Waals surface area contributed by atoms with E-state index in [0.29, 0.717) is 10.8 Å². The van der Waals surface area contributed by atoms with Crippen LogP contribution in [0.3, 0.4) is 0 Å². The van der Waals surface area contributed by atoms with Gasteiger partial charge in [-0.1, -0.05) is 11.6 Å². The Balaban J connectivity index is 1.54. The summed E-state index contributed by atoms with van der Waals surface area (Å²) in [6.45, 7) is 7.84. The fraction of sp³-hybridized carbons (Fsp3) is 0.421. The molecule has 0 aliphatic carbocycles. The summed E-state index contributed by atoms with van der Waals surface area (Å²) in [4.78, 5) is 17.2. The second-order valence-electron chi connectivity index (χ2n) is 6.77. The highest BCUT2D eigenvalue weighted by Gasteiger charge is 2.35. The third kappa shape index (κ3) is 4.75. The van der Waals surface area contributed by atoms with Gasteiger partial charge in [-0.3, -0.25) is 9.69 Å².